The van der Waals surface area contributed by atoms with Gasteiger partial charge in [0.15, 0.2) is 5.72 Å². The Kier molecular flexibility index (Phi) is 14.7. The molecule has 0 aromatic heterocycles. The maximum Gasteiger partial charge on any atom is 0.409 e. The van der Waals surface area contributed by atoms with Crippen molar-refractivity contribution in [1.82, 2.24) is 10.2 Å². The molecule has 2 unspecified atom stereocenters. The number of ether oxygens (including phenoxy) is 5. The number of anilines is 1. The number of hydrogen-bond acceptors (Lipinski definition) is 11. The number of nitrogens with one attached hydrogen (secondary N) is 1. The molecule has 312 valence electrons. The first-order chi connectivity index (χ1) is 26.0. The number of carbonyl (C=O) groups excluding carboxylic acids is 4. The molecule has 2 fully saturated rings. The minimum absolute atomic E-state index is 0.0476. The maximum absolute atomic E-state index is 14.2. The molecule has 4 rings (SSSR count). The van der Waals surface area contributed by atoms with Gasteiger partial charge in [-0.1, -0.05) is 70.0 Å². The number of esters is 1. The molecule has 8 atom stereocenters. The molecule has 0 radical (unpaired) electrons. The summed E-state index contributed by atoms with van der Waals surface area (Å²) in [7, 11) is 6.09. The van der Waals surface area contributed by atoms with Gasteiger partial charge >= 0.3 is 12.1 Å². The molecule has 1 aromatic carbocycles. The first kappa shape index (κ1) is 45.4. The van der Waals surface area contributed by atoms with Crippen LogP contribution in [0.3, 0.4) is 0 Å². The predicted molar refractivity (Wildman–Crippen MR) is 217 cm³/mol. The molecule has 3 heterocycles. The number of epoxide rings is 1. The van der Waals surface area contributed by atoms with E-state index in [0.717, 1.165) is 11.1 Å². The predicted octanol–water partition coefficient (Wildman–Crippen LogP) is 6.21. The Hall–Kier alpha value is -3.30. The van der Waals surface area contributed by atoms with Crippen molar-refractivity contribution >= 4 is 52.9 Å². The fraction of sp³-hybridized carbons (Fsp3) is 0.659. The molecule has 2 saturated heterocycles. The summed E-state index contributed by atoms with van der Waals surface area (Å²) in [5, 5.41) is 14.9. The highest BCUT2D eigenvalue weighted by atomic mass is 35.5. The Morgan fingerprint density at radius 3 is 2.52 bits per heavy atom. The normalized spacial score (nSPS) is 30.6. The van der Waals surface area contributed by atoms with Crippen molar-refractivity contribution in [2.75, 3.05) is 33.2 Å². The first-order valence-electron chi connectivity index (χ1n) is 19.1. The van der Waals surface area contributed by atoms with E-state index in [4.69, 9.17) is 35.3 Å². The Labute approximate surface area is 340 Å². The minimum atomic E-state index is -1.83. The van der Waals surface area contributed by atoms with Crippen molar-refractivity contribution in [3.63, 3.8) is 0 Å². The van der Waals surface area contributed by atoms with Gasteiger partial charge < -0.3 is 38.6 Å². The third-order valence-electron chi connectivity index (χ3n) is 11.0. The lowest BCUT2D eigenvalue weighted by molar-refractivity contribution is -0.162. The summed E-state index contributed by atoms with van der Waals surface area (Å²) in [6, 6.07) is 2.63. The number of nitrogens with zero attached hydrogens (tertiary/aromatic N) is 2. The summed E-state index contributed by atoms with van der Waals surface area (Å²) in [6.45, 7) is 15.5. The molecule has 3 aliphatic heterocycles. The number of rotatable bonds is 10. The number of methoxy groups -OCH3 is 2. The van der Waals surface area contributed by atoms with Gasteiger partial charge in [-0.05, 0) is 56.6 Å². The van der Waals surface area contributed by atoms with E-state index in [1.54, 1.807) is 64.0 Å². The zero-order valence-electron chi connectivity index (χ0n) is 34.8. The minimum Gasteiger partial charge on any atom is -0.495 e. The summed E-state index contributed by atoms with van der Waals surface area (Å²) >= 11 is 8.58. The average Bonchev–Trinajstić information content (AvgIpc) is 3.82. The van der Waals surface area contributed by atoms with Crippen molar-refractivity contribution in [3.05, 3.63) is 46.5 Å². The molecule has 2 N–H and O–H groups in total. The number of aliphatic hydroxyl groups is 1. The summed E-state index contributed by atoms with van der Waals surface area (Å²) in [5.41, 5.74) is -0.900. The van der Waals surface area contributed by atoms with Gasteiger partial charge in [0.25, 0.3) is 0 Å². The molecule has 56 heavy (non-hydrogen) atoms. The van der Waals surface area contributed by atoms with Crippen molar-refractivity contribution in [3.8, 4) is 5.75 Å². The molecular formula is C41H60ClN3O10S. The van der Waals surface area contributed by atoms with Gasteiger partial charge in [-0.25, -0.2) is 9.59 Å². The van der Waals surface area contributed by atoms with E-state index in [0.29, 0.717) is 29.5 Å². The zero-order valence-corrected chi connectivity index (χ0v) is 36.3. The third-order valence-corrected chi connectivity index (χ3v) is 12.7. The molecule has 1 aromatic rings. The van der Waals surface area contributed by atoms with E-state index >= 15 is 0 Å². The molecule has 0 aliphatic carbocycles. The van der Waals surface area contributed by atoms with E-state index in [2.05, 4.69) is 33.0 Å². The van der Waals surface area contributed by atoms with E-state index in [1.165, 1.54) is 24.0 Å². The van der Waals surface area contributed by atoms with Gasteiger partial charge in [0, 0.05) is 44.7 Å². The van der Waals surface area contributed by atoms with E-state index in [1.807, 2.05) is 19.9 Å². The number of hydrogen-bond donors (Lipinski definition) is 2. The van der Waals surface area contributed by atoms with Crippen LogP contribution in [0.1, 0.15) is 86.6 Å². The van der Waals surface area contributed by atoms with E-state index in [-0.39, 0.29) is 34.9 Å². The lowest BCUT2D eigenvalue weighted by Crippen LogP contribution is -2.63. The van der Waals surface area contributed by atoms with Crippen LogP contribution in [0.25, 0.3) is 0 Å². The average molecular weight is 822 g/mol. The van der Waals surface area contributed by atoms with Crippen LogP contribution in [0.4, 0.5) is 10.5 Å². The smallest absolute Gasteiger partial charge is 0.409 e. The monoisotopic (exact) mass is 821 g/mol. The van der Waals surface area contributed by atoms with Gasteiger partial charge in [-0.15, -0.1) is 0 Å². The molecule has 3 aliphatic rings. The molecule has 0 spiro atoms. The molecule has 3 amide bonds. The van der Waals surface area contributed by atoms with Gasteiger partial charge in [0.2, 0.25) is 11.8 Å². The molecule has 13 nitrogen and oxygen atoms in total. The highest BCUT2D eigenvalue weighted by molar-refractivity contribution is 8.01. The Bertz CT molecular complexity index is 1700. The highest BCUT2D eigenvalue weighted by Gasteiger charge is 2.64. The third kappa shape index (κ3) is 10.6. The number of likely N-dealkylation sites (N-methyl/N-ethyl adjacent to an activating group) is 1. The van der Waals surface area contributed by atoms with Crippen LogP contribution in [0.2, 0.25) is 5.02 Å². The molecule has 15 heteroatoms. The summed E-state index contributed by atoms with van der Waals surface area (Å²) in [5.74, 6) is -1.49. The first-order valence-corrected chi connectivity index (χ1v) is 20.3. The Morgan fingerprint density at radius 1 is 1.21 bits per heavy atom. The van der Waals surface area contributed by atoms with Gasteiger partial charge in [-0.2, -0.15) is 11.8 Å². The van der Waals surface area contributed by atoms with Gasteiger partial charge in [0.05, 0.1) is 25.3 Å². The van der Waals surface area contributed by atoms with E-state index < -0.39 is 65.7 Å². The number of benzene rings is 1. The van der Waals surface area contributed by atoms with Crippen molar-refractivity contribution < 1.29 is 48.0 Å². The standard InChI is InChI=1S/C41H60ClN3O10S/c1-23(2)56-39(6,7)17-16-33(46)44(9)26(5)37(48)54-32-21-34(47)45(10)28-19-27(20-29(51-11)35(28)42)18-24(3)14-13-15-31(52-12)41(50)22-30(53-38(49)43-41)25(4)36-40(32,8)55-36/h13-15,19-20,23,25-26,30-32,36,50H,16-18,21-22H2,1-12H3,(H,43,49)/b15-13+,24-14+/t25-,26+,30?,31+,32-,36?,40-,41-/m0/s1. The zero-order chi connectivity index (χ0) is 41.9. The Morgan fingerprint density at radius 2 is 1.89 bits per heavy atom. The quantitative estimate of drug-likeness (QED) is 0.204. The number of amides is 3. The van der Waals surface area contributed by atoms with Crippen molar-refractivity contribution in [2.24, 2.45) is 5.92 Å². The SMILES string of the molecule is COc1cc2cc(c1Cl)N(C)C(=O)C[C@H](OC(=O)[C@@H](C)N(C)C(=O)CCC(C)(C)SC(C)C)[C@]1(C)OC1[C@@H](C)C1C[C@@](O)(NC(=O)O1)[C@H](OC)/C=C/C=C(\C)C2. The number of halogens is 1. The van der Waals surface area contributed by atoms with E-state index in [9.17, 15) is 24.3 Å². The number of fused-ring (bicyclic) bond motifs is 5. The topological polar surface area (TPSA) is 156 Å². The maximum atomic E-state index is 14.2. The second kappa shape index (κ2) is 18.1. The lowest BCUT2D eigenvalue weighted by atomic mass is 9.83. The highest BCUT2D eigenvalue weighted by Crippen LogP contribution is 2.49. The van der Waals surface area contributed by atoms with Crippen molar-refractivity contribution in [1.29, 1.82) is 0 Å². The lowest BCUT2D eigenvalue weighted by Gasteiger charge is -2.42. The largest absolute Gasteiger partial charge is 0.495 e. The fourth-order valence-electron chi connectivity index (χ4n) is 7.50. The van der Waals surface area contributed by atoms with Crippen LogP contribution in [0.15, 0.2) is 35.9 Å². The summed E-state index contributed by atoms with van der Waals surface area (Å²) in [4.78, 5) is 57.1. The van der Waals surface area contributed by atoms with Gasteiger partial charge in [-0.3, -0.25) is 14.9 Å². The number of carbonyl (C=O) groups is 4. The Balaban J connectivity index is 1.70. The van der Waals surface area contributed by atoms with Crippen LogP contribution in [0, 0.1) is 5.92 Å². The van der Waals surface area contributed by atoms with Crippen LogP contribution < -0.4 is 15.0 Å². The van der Waals surface area contributed by atoms with Crippen molar-refractivity contribution in [2.45, 2.75) is 139 Å². The van der Waals surface area contributed by atoms with Crippen LogP contribution in [-0.4, -0.2) is 114 Å². The number of alkyl carbamates (subject to hydrolysis) is 1. The number of thioether (sulfide) groups is 1. The summed E-state index contributed by atoms with van der Waals surface area (Å²) in [6.07, 6.45) is 1.85. The second-order valence-electron chi connectivity index (χ2n) is 16.3. The van der Waals surface area contributed by atoms with Crippen LogP contribution in [-0.2, 0) is 39.8 Å². The number of allylic oxidation sites excluding steroid dienone is 3. The van der Waals surface area contributed by atoms with Gasteiger partial charge in [0.1, 0.15) is 40.7 Å². The molecular weight excluding hydrogens is 762 g/mol. The second-order valence-corrected chi connectivity index (χ2v) is 19.0. The van der Waals surface area contributed by atoms with Crippen LogP contribution in [0.5, 0.6) is 5.75 Å². The molecule has 4 bridgehead atoms. The summed E-state index contributed by atoms with van der Waals surface area (Å²) < 4.78 is 29.2. The molecule has 0 saturated carbocycles. The van der Waals surface area contributed by atoms with Crippen LogP contribution >= 0.6 is 23.4 Å². The fourth-order valence-corrected chi connectivity index (χ4v) is 9.31.